The molecule has 1 unspecified atom stereocenters. The van der Waals surface area contributed by atoms with Crippen LogP contribution in [0.4, 0.5) is 0 Å². The normalized spacial score (nSPS) is 19.7. The number of carbonyl (C=O) groups excluding carboxylic acids is 1. The van der Waals surface area contributed by atoms with Crippen LogP contribution < -0.4 is 0 Å². The summed E-state index contributed by atoms with van der Waals surface area (Å²) in [5.74, 6) is 0.0585. The van der Waals surface area contributed by atoms with Gasteiger partial charge in [0.05, 0.1) is 12.2 Å². The van der Waals surface area contributed by atoms with Crippen molar-refractivity contribution in [1.82, 2.24) is 9.88 Å². The van der Waals surface area contributed by atoms with Gasteiger partial charge >= 0.3 is 0 Å². The molecule has 1 atom stereocenters. The number of aromatic nitrogens is 1. The molecule has 0 aliphatic carbocycles. The molecule has 1 aromatic heterocycles. The second kappa shape index (κ2) is 5.07. The molecule has 0 bridgehead atoms. The van der Waals surface area contributed by atoms with Crippen molar-refractivity contribution in [3.63, 3.8) is 0 Å². The molecule has 0 aromatic carbocycles. The van der Waals surface area contributed by atoms with Gasteiger partial charge in [-0.05, 0) is 25.0 Å². The Morgan fingerprint density at radius 3 is 3.12 bits per heavy atom. The van der Waals surface area contributed by atoms with E-state index in [1.165, 1.54) is 0 Å². The van der Waals surface area contributed by atoms with Crippen molar-refractivity contribution in [2.24, 2.45) is 0 Å². The van der Waals surface area contributed by atoms with Crippen LogP contribution in [0.25, 0.3) is 0 Å². The van der Waals surface area contributed by atoms with Gasteiger partial charge in [0.1, 0.15) is 6.10 Å². The number of hydrogen-bond donors (Lipinski definition) is 0. The Morgan fingerprint density at radius 2 is 2.50 bits per heavy atom. The van der Waals surface area contributed by atoms with Gasteiger partial charge in [0, 0.05) is 19.9 Å². The van der Waals surface area contributed by atoms with Gasteiger partial charge in [-0.2, -0.15) is 0 Å². The van der Waals surface area contributed by atoms with E-state index in [1.54, 1.807) is 18.1 Å². The Bertz CT molecular complexity index is 347. The minimum atomic E-state index is -0.242. The maximum Gasteiger partial charge on any atom is 0.251 e. The fourth-order valence-corrected chi connectivity index (χ4v) is 1.83. The second-order valence-corrected chi connectivity index (χ2v) is 4.02. The Morgan fingerprint density at radius 1 is 1.62 bits per heavy atom. The number of pyridine rings is 1. The number of hydrogen-bond acceptors (Lipinski definition) is 3. The van der Waals surface area contributed by atoms with Crippen LogP contribution in [0.1, 0.15) is 18.5 Å². The standard InChI is InChI=1S/C12H16N2O2/c1-14(9-10-5-2-3-7-13-10)12(15)11-6-4-8-16-11/h2-3,5,7,11H,4,6,8-9H2,1H3. The van der Waals surface area contributed by atoms with Crippen LogP contribution in [0, 0.1) is 0 Å². The zero-order valence-electron chi connectivity index (χ0n) is 9.43. The molecular weight excluding hydrogens is 204 g/mol. The molecule has 86 valence electrons. The number of rotatable bonds is 3. The molecule has 0 radical (unpaired) electrons. The summed E-state index contributed by atoms with van der Waals surface area (Å²) < 4.78 is 5.36. The molecule has 2 rings (SSSR count). The van der Waals surface area contributed by atoms with Gasteiger partial charge in [0.2, 0.25) is 0 Å². The quantitative estimate of drug-likeness (QED) is 0.769. The highest BCUT2D eigenvalue weighted by Gasteiger charge is 2.26. The van der Waals surface area contributed by atoms with Crippen molar-refractivity contribution in [2.45, 2.75) is 25.5 Å². The van der Waals surface area contributed by atoms with Crippen LogP contribution in [0.3, 0.4) is 0 Å². The molecule has 1 amide bonds. The van der Waals surface area contributed by atoms with Crippen molar-refractivity contribution in [3.05, 3.63) is 30.1 Å². The summed E-state index contributed by atoms with van der Waals surface area (Å²) in [5.41, 5.74) is 0.899. The fourth-order valence-electron chi connectivity index (χ4n) is 1.83. The monoisotopic (exact) mass is 220 g/mol. The van der Waals surface area contributed by atoms with Crippen molar-refractivity contribution < 1.29 is 9.53 Å². The average molecular weight is 220 g/mol. The molecule has 4 heteroatoms. The maximum atomic E-state index is 11.9. The topological polar surface area (TPSA) is 42.4 Å². The summed E-state index contributed by atoms with van der Waals surface area (Å²) in [4.78, 5) is 17.8. The lowest BCUT2D eigenvalue weighted by atomic mass is 10.2. The Kier molecular flexibility index (Phi) is 3.51. The van der Waals surface area contributed by atoms with Crippen LogP contribution in [0.5, 0.6) is 0 Å². The van der Waals surface area contributed by atoms with Crippen LogP contribution in [0.2, 0.25) is 0 Å². The molecule has 1 aliphatic rings. The third-order valence-electron chi connectivity index (χ3n) is 2.71. The van der Waals surface area contributed by atoms with Gasteiger partial charge in [0.25, 0.3) is 5.91 Å². The summed E-state index contributed by atoms with van der Waals surface area (Å²) in [6, 6.07) is 5.71. The molecule has 1 aliphatic heterocycles. The van der Waals surface area contributed by atoms with Crippen molar-refractivity contribution in [1.29, 1.82) is 0 Å². The minimum absolute atomic E-state index is 0.0585. The highest BCUT2D eigenvalue weighted by molar-refractivity contribution is 5.80. The summed E-state index contributed by atoms with van der Waals surface area (Å²) in [6.07, 6.45) is 3.31. The van der Waals surface area contributed by atoms with Gasteiger partial charge < -0.3 is 9.64 Å². The Hall–Kier alpha value is -1.42. The highest BCUT2D eigenvalue weighted by Crippen LogP contribution is 2.14. The summed E-state index contributed by atoms with van der Waals surface area (Å²) in [6.45, 7) is 1.24. The van der Waals surface area contributed by atoms with E-state index in [4.69, 9.17) is 4.74 Å². The Labute approximate surface area is 95.2 Å². The van der Waals surface area contributed by atoms with Gasteiger partial charge in [-0.3, -0.25) is 9.78 Å². The van der Waals surface area contributed by atoms with Crippen molar-refractivity contribution in [3.8, 4) is 0 Å². The molecule has 0 N–H and O–H groups in total. The van der Waals surface area contributed by atoms with Gasteiger partial charge in [0.15, 0.2) is 0 Å². The highest BCUT2D eigenvalue weighted by atomic mass is 16.5. The third kappa shape index (κ3) is 2.58. The van der Waals surface area contributed by atoms with Gasteiger partial charge in [-0.25, -0.2) is 0 Å². The van der Waals surface area contributed by atoms with Gasteiger partial charge in [-0.1, -0.05) is 6.07 Å². The number of carbonyl (C=O) groups is 1. The molecule has 4 nitrogen and oxygen atoms in total. The third-order valence-corrected chi connectivity index (χ3v) is 2.71. The molecule has 1 aromatic rings. The molecule has 1 saturated heterocycles. The van der Waals surface area contributed by atoms with Crippen LogP contribution in [-0.2, 0) is 16.1 Å². The molecule has 0 spiro atoms. The Balaban J connectivity index is 1.92. The average Bonchev–Trinajstić information content (AvgIpc) is 2.83. The lowest BCUT2D eigenvalue weighted by Gasteiger charge is -2.20. The van der Waals surface area contributed by atoms with E-state index in [-0.39, 0.29) is 12.0 Å². The first kappa shape index (κ1) is 11.1. The van der Waals surface area contributed by atoms with Crippen LogP contribution >= 0.6 is 0 Å². The van der Waals surface area contributed by atoms with E-state index in [2.05, 4.69) is 4.98 Å². The zero-order valence-corrected chi connectivity index (χ0v) is 9.43. The maximum absolute atomic E-state index is 11.9. The predicted octanol–water partition coefficient (Wildman–Crippen LogP) is 1.22. The predicted molar refractivity (Wildman–Crippen MR) is 59.7 cm³/mol. The smallest absolute Gasteiger partial charge is 0.251 e. The minimum Gasteiger partial charge on any atom is -0.368 e. The SMILES string of the molecule is CN(Cc1ccccn1)C(=O)C1CCCO1. The molecule has 0 saturated carbocycles. The number of nitrogens with zero attached hydrogens (tertiary/aromatic N) is 2. The van der Waals surface area contributed by atoms with E-state index >= 15 is 0 Å². The summed E-state index contributed by atoms with van der Waals surface area (Å²) in [5, 5.41) is 0. The van der Waals surface area contributed by atoms with E-state index in [0.717, 1.165) is 18.5 Å². The first-order chi connectivity index (χ1) is 7.77. The summed E-state index contributed by atoms with van der Waals surface area (Å²) in [7, 11) is 1.79. The van der Waals surface area contributed by atoms with Crippen molar-refractivity contribution >= 4 is 5.91 Å². The van der Waals surface area contributed by atoms with Crippen LogP contribution in [0.15, 0.2) is 24.4 Å². The molecule has 16 heavy (non-hydrogen) atoms. The zero-order chi connectivity index (χ0) is 11.4. The second-order valence-electron chi connectivity index (χ2n) is 4.02. The molecule has 2 heterocycles. The fraction of sp³-hybridized carbons (Fsp3) is 0.500. The van der Waals surface area contributed by atoms with Gasteiger partial charge in [-0.15, -0.1) is 0 Å². The molecule has 1 fully saturated rings. The molecular formula is C12H16N2O2. The van der Waals surface area contributed by atoms with E-state index in [1.807, 2.05) is 18.2 Å². The van der Waals surface area contributed by atoms with Crippen LogP contribution in [-0.4, -0.2) is 35.5 Å². The lowest BCUT2D eigenvalue weighted by molar-refractivity contribution is -0.140. The largest absolute Gasteiger partial charge is 0.368 e. The lowest BCUT2D eigenvalue weighted by Crippen LogP contribution is -2.35. The number of ether oxygens (including phenoxy) is 1. The number of amides is 1. The first-order valence-electron chi connectivity index (χ1n) is 5.54. The first-order valence-corrected chi connectivity index (χ1v) is 5.54. The van der Waals surface area contributed by atoms with E-state index in [0.29, 0.717) is 13.2 Å². The van der Waals surface area contributed by atoms with E-state index < -0.39 is 0 Å². The number of likely N-dealkylation sites (N-methyl/N-ethyl adjacent to an activating group) is 1. The van der Waals surface area contributed by atoms with Crippen molar-refractivity contribution in [2.75, 3.05) is 13.7 Å². The summed E-state index contributed by atoms with van der Waals surface area (Å²) >= 11 is 0. The van der Waals surface area contributed by atoms with E-state index in [9.17, 15) is 4.79 Å².